The van der Waals surface area contributed by atoms with Gasteiger partial charge in [0.05, 0.1) is 18.6 Å². The summed E-state index contributed by atoms with van der Waals surface area (Å²) in [6, 6.07) is 0. The van der Waals surface area contributed by atoms with Crippen molar-refractivity contribution in [1.82, 2.24) is 4.90 Å². The lowest BCUT2D eigenvalue weighted by Gasteiger charge is -2.35. The fraction of sp³-hybridized carbons (Fsp3) is 0.917. The Morgan fingerprint density at radius 2 is 2.12 bits per heavy atom. The van der Waals surface area contributed by atoms with Crippen molar-refractivity contribution in [2.24, 2.45) is 11.8 Å². The van der Waals surface area contributed by atoms with Crippen LogP contribution in [0.2, 0.25) is 0 Å². The van der Waals surface area contributed by atoms with E-state index in [4.69, 9.17) is 4.74 Å². The summed E-state index contributed by atoms with van der Waals surface area (Å²) in [5, 5.41) is 0. The number of carbonyl (C=O) groups is 1. The molecule has 1 heterocycles. The average Bonchev–Trinajstić information content (AvgIpc) is 2.61. The highest BCUT2D eigenvalue weighted by Gasteiger charge is 2.33. The smallest absolute Gasteiger partial charge is 0.227 e. The maximum absolute atomic E-state index is 12.1. The summed E-state index contributed by atoms with van der Waals surface area (Å²) in [6.45, 7) is 3.55. The molecule has 1 saturated carbocycles. The van der Waals surface area contributed by atoms with Crippen LogP contribution in [-0.4, -0.2) is 41.9 Å². The first kappa shape index (κ1) is 12.4. The molecule has 4 heteroatoms. The van der Waals surface area contributed by atoms with Gasteiger partial charge in [0.15, 0.2) is 0 Å². The normalized spacial score (nSPS) is 38.2. The van der Waals surface area contributed by atoms with E-state index in [0.717, 1.165) is 13.0 Å². The average molecular weight is 290 g/mol. The van der Waals surface area contributed by atoms with Gasteiger partial charge in [-0.25, -0.2) is 0 Å². The van der Waals surface area contributed by atoms with Crippen LogP contribution in [0.15, 0.2) is 0 Å². The van der Waals surface area contributed by atoms with Gasteiger partial charge in [-0.1, -0.05) is 15.9 Å². The number of alkyl halides is 1. The van der Waals surface area contributed by atoms with Crippen LogP contribution < -0.4 is 0 Å². The minimum atomic E-state index is 0.0971. The largest absolute Gasteiger partial charge is 0.378 e. The molecule has 92 valence electrons. The zero-order valence-electron chi connectivity index (χ0n) is 9.99. The molecule has 2 fully saturated rings. The topological polar surface area (TPSA) is 29.5 Å². The predicted octanol–water partition coefficient (Wildman–Crippen LogP) is 2.04. The maximum atomic E-state index is 12.1. The van der Waals surface area contributed by atoms with Crippen LogP contribution in [0.3, 0.4) is 0 Å². The predicted molar refractivity (Wildman–Crippen MR) is 66.6 cm³/mol. The molecular weight excluding hydrogens is 270 g/mol. The molecule has 0 bridgehead atoms. The van der Waals surface area contributed by atoms with E-state index in [1.54, 1.807) is 0 Å². The van der Waals surface area contributed by atoms with Crippen molar-refractivity contribution < 1.29 is 9.53 Å². The van der Waals surface area contributed by atoms with Gasteiger partial charge in [0.25, 0.3) is 0 Å². The Labute approximate surface area is 106 Å². The molecule has 16 heavy (non-hydrogen) atoms. The summed E-state index contributed by atoms with van der Waals surface area (Å²) in [7, 11) is 1.92. The Balaban J connectivity index is 1.76. The van der Waals surface area contributed by atoms with Crippen molar-refractivity contribution in [3.05, 3.63) is 0 Å². The molecule has 2 aliphatic rings. The molecule has 1 aliphatic heterocycles. The van der Waals surface area contributed by atoms with Crippen LogP contribution in [0.5, 0.6) is 0 Å². The second-order valence-electron chi connectivity index (χ2n) is 5.23. The third-order valence-electron chi connectivity index (χ3n) is 3.63. The molecule has 0 aromatic carbocycles. The molecule has 3 nitrogen and oxygen atoms in total. The molecule has 0 radical (unpaired) electrons. The van der Waals surface area contributed by atoms with Gasteiger partial charge in [-0.15, -0.1) is 0 Å². The Morgan fingerprint density at radius 3 is 2.62 bits per heavy atom. The summed E-state index contributed by atoms with van der Waals surface area (Å²) in [5.74, 6) is 1.06. The number of halogens is 1. The van der Waals surface area contributed by atoms with Crippen LogP contribution in [0, 0.1) is 11.8 Å². The monoisotopic (exact) mass is 289 g/mol. The summed E-state index contributed by atoms with van der Waals surface area (Å²) < 4.78 is 5.44. The first-order valence-electron chi connectivity index (χ1n) is 6.07. The van der Waals surface area contributed by atoms with Gasteiger partial charge in [-0.3, -0.25) is 4.79 Å². The van der Waals surface area contributed by atoms with Crippen molar-refractivity contribution in [2.45, 2.75) is 37.1 Å². The number of hydrogen-bond acceptors (Lipinski definition) is 2. The SMILES string of the molecule is CC1CC(C(=O)N(C)CC2CC(Br)C2)CO1. The number of amides is 1. The van der Waals surface area contributed by atoms with Gasteiger partial charge in [0, 0.05) is 18.4 Å². The lowest BCUT2D eigenvalue weighted by molar-refractivity contribution is -0.135. The number of ether oxygens (including phenoxy) is 1. The van der Waals surface area contributed by atoms with E-state index in [2.05, 4.69) is 15.9 Å². The molecule has 1 amide bonds. The lowest BCUT2D eigenvalue weighted by atomic mass is 9.85. The number of carbonyl (C=O) groups excluding carboxylic acids is 1. The molecule has 2 unspecified atom stereocenters. The minimum Gasteiger partial charge on any atom is -0.378 e. The van der Waals surface area contributed by atoms with Gasteiger partial charge in [-0.2, -0.15) is 0 Å². The minimum absolute atomic E-state index is 0.0971. The quantitative estimate of drug-likeness (QED) is 0.744. The van der Waals surface area contributed by atoms with Crippen LogP contribution in [-0.2, 0) is 9.53 Å². The molecule has 1 aliphatic carbocycles. The van der Waals surface area contributed by atoms with Crippen molar-refractivity contribution in [1.29, 1.82) is 0 Å². The molecule has 0 aromatic heterocycles. The highest BCUT2D eigenvalue weighted by atomic mass is 79.9. The Bertz CT molecular complexity index is 266. The van der Waals surface area contributed by atoms with Gasteiger partial charge < -0.3 is 9.64 Å². The van der Waals surface area contributed by atoms with E-state index in [0.29, 0.717) is 17.4 Å². The van der Waals surface area contributed by atoms with Gasteiger partial charge in [0.1, 0.15) is 0 Å². The molecule has 2 rings (SSSR count). The maximum Gasteiger partial charge on any atom is 0.227 e. The summed E-state index contributed by atoms with van der Waals surface area (Å²) in [4.78, 5) is 14.7. The van der Waals surface area contributed by atoms with Gasteiger partial charge in [0.2, 0.25) is 5.91 Å². The molecule has 1 saturated heterocycles. The zero-order valence-corrected chi connectivity index (χ0v) is 11.6. The van der Waals surface area contributed by atoms with Crippen LogP contribution in [0.1, 0.15) is 26.2 Å². The first-order valence-corrected chi connectivity index (χ1v) is 6.98. The third kappa shape index (κ3) is 2.77. The second-order valence-corrected chi connectivity index (χ2v) is 6.53. The van der Waals surface area contributed by atoms with Crippen LogP contribution >= 0.6 is 15.9 Å². The Morgan fingerprint density at radius 1 is 1.44 bits per heavy atom. The number of nitrogens with zero attached hydrogens (tertiary/aromatic N) is 1. The molecule has 2 atom stereocenters. The second kappa shape index (κ2) is 5.05. The van der Waals surface area contributed by atoms with E-state index >= 15 is 0 Å². The van der Waals surface area contributed by atoms with Crippen molar-refractivity contribution >= 4 is 21.8 Å². The summed E-state index contributed by atoms with van der Waals surface area (Å²) in [6.07, 6.45) is 3.54. The highest BCUT2D eigenvalue weighted by molar-refractivity contribution is 9.09. The number of rotatable bonds is 3. The Hall–Kier alpha value is -0.0900. The summed E-state index contributed by atoms with van der Waals surface area (Å²) in [5.41, 5.74) is 0. The fourth-order valence-corrected chi connectivity index (χ4v) is 3.64. The third-order valence-corrected chi connectivity index (χ3v) is 4.38. The molecule has 0 N–H and O–H groups in total. The standard InChI is InChI=1S/C12H20BrNO2/c1-8-3-10(7-16-8)12(15)14(2)6-9-4-11(13)5-9/h8-11H,3-7H2,1-2H3. The van der Waals surface area contributed by atoms with Crippen molar-refractivity contribution in [3.8, 4) is 0 Å². The molecular formula is C12H20BrNO2. The summed E-state index contributed by atoms with van der Waals surface area (Å²) >= 11 is 3.58. The zero-order chi connectivity index (χ0) is 11.7. The Kier molecular flexibility index (Phi) is 3.90. The van der Waals surface area contributed by atoms with E-state index in [9.17, 15) is 4.79 Å². The van der Waals surface area contributed by atoms with E-state index < -0.39 is 0 Å². The molecule has 0 spiro atoms. The van der Waals surface area contributed by atoms with E-state index in [1.165, 1.54) is 12.8 Å². The van der Waals surface area contributed by atoms with E-state index in [1.807, 2.05) is 18.9 Å². The van der Waals surface area contributed by atoms with Crippen molar-refractivity contribution in [3.63, 3.8) is 0 Å². The van der Waals surface area contributed by atoms with E-state index in [-0.39, 0.29) is 17.9 Å². The van der Waals surface area contributed by atoms with Gasteiger partial charge in [-0.05, 0) is 32.1 Å². The highest BCUT2D eigenvalue weighted by Crippen LogP contribution is 2.34. The first-order chi connectivity index (χ1) is 7.56. The van der Waals surface area contributed by atoms with Gasteiger partial charge >= 0.3 is 0 Å². The lowest BCUT2D eigenvalue weighted by Crippen LogP contribution is -2.40. The molecule has 0 aromatic rings. The van der Waals surface area contributed by atoms with Crippen molar-refractivity contribution in [2.75, 3.05) is 20.2 Å². The fourth-order valence-electron chi connectivity index (χ4n) is 2.58. The van der Waals surface area contributed by atoms with Crippen LogP contribution in [0.25, 0.3) is 0 Å². The van der Waals surface area contributed by atoms with Crippen LogP contribution in [0.4, 0.5) is 0 Å². The number of hydrogen-bond donors (Lipinski definition) is 0.